The Labute approximate surface area is 129 Å². The highest BCUT2D eigenvalue weighted by molar-refractivity contribution is 7.21. The van der Waals surface area contributed by atoms with E-state index in [1.165, 1.54) is 11.3 Å². The average Bonchev–Trinajstić information content (AvgIpc) is 2.65. The molecule has 5 heteroatoms. The molecule has 2 aromatic rings. The molecule has 0 bridgehead atoms. The smallest absolute Gasteiger partial charge is 0.263 e. The minimum atomic E-state index is -0.116. The summed E-state index contributed by atoms with van der Waals surface area (Å²) in [7, 11) is 0. The first-order valence-electron chi connectivity index (χ1n) is 7.08. The lowest BCUT2D eigenvalue weighted by Gasteiger charge is -2.27. The van der Waals surface area contributed by atoms with Crippen LogP contribution in [0.2, 0.25) is 0 Å². The number of pyridine rings is 1. The van der Waals surface area contributed by atoms with Crippen molar-refractivity contribution in [2.45, 2.75) is 47.6 Å². The Kier molecular flexibility index (Phi) is 3.97. The molecule has 1 amide bonds. The number of nitrogen functional groups attached to an aromatic ring is 1. The van der Waals surface area contributed by atoms with Crippen molar-refractivity contribution < 1.29 is 4.79 Å². The van der Waals surface area contributed by atoms with E-state index in [2.05, 4.69) is 31.1 Å². The maximum Gasteiger partial charge on any atom is 0.263 e. The van der Waals surface area contributed by atoms with Gasteiger partial charge < -0.3 is 11.1 Å². The molecule has 1 atom stereocenters. The van der Waals surface area contributed by atoms with Crippen LogP contribution in [0.25, 0.3) is 10.2 Å². The summed E-state index contributed by atoms with van der Waals surface area (Å²) in [5, 5.41) is 3.94. The van der Waals surface area contributed by atoms with Gasteiger partial charge in [-0.1, -0.05) is 20.8 Å². The van der Waals surface area contributed by atoms with Crippen molar-refractivity contribution >= 4 is 33.1 Å². The number of carbonyl (C=O) groups is 1. The lowest BCUT2D eigenvalue weighted by molar-refractivity contribution is 0.0915. The number of aryl methyl sites for hydroxylation is 2. The minimum absolute atomic E-state index is 0.00581. The van der Waals surface area contributed by atoms with E-state index in [4.69, 9.17) is 5.73 Å². The van der Waals surface area contributed by atoms with Gasteiger partial charge >= 0.3 is 0 Å². The van der Waals surface area contributed by atoms with Gasteiger partial charge in [-0.05, 0) is 37.8 Å². The first kappa shape index (κ1) is 15.8. The monoisotopic (exact) mass is 305 g/mol. The van der Waals surface area contributed by atoms with Crippen LogP contribution in [-0.2, 0) is 0 Å². The summed E-state index contributed by atoms with van der Waals surface area (Å²) in [5.41, 5.74) is 8.74. The van der Waals surface area contributed by atoms with E-state index in [1.54, 1.807) is 0 Å². The Morgan fingerprint density at radius 3 is 2.57 bits per heavy atom. The summed E-state index contributed by atoms with van der Waals surface area (Å²) < 4.78 is 0. The molecular formula is C16H23N3OS. The third-order valence-corrected chi connectivity index (χ3v) is 4.98. The molecule has 2 rings (SSSR count). The van der Waals surface area contributed by atoms with E-state index in [-0.39, 0.29) is 17.4 Å². The largest absolute Gasteiger partial charge is 0.397 e. The summed E-state index contributed by atoms with van der Waals surface area (Å²) in [6.07, 6.45) is 0. The summed E-state index contributed by atoms with van der Waals surface area (Å²) in [6.45, 7) is 12.3. The van der Waals surface area contributed by atoms with Gasteiger partial charge in [-0.2, -0.15) is 0 Å². The summed E-state index contributed by atoms with van der Waals surface area (Å²) >= 11 is 1.36. The maximum atomic E-state index is 12.5. The van der Waals surface area contributed by atoms with Crippen molar-refractivity contribution in [2.75, 3.05) is 5.73 Å². The maximum absolute atomic E-state index is 12.5. The predicted molar refractivity (Wildman–Crippen MR) is 89.9 cm³/mol. The quantitative estimate of drug-likeness (QED) is 0.889. The van der Waals surface area contributed by atoms with Crippen molar-refractivity contribution in [1.82, 2.24) is 10.3 Å². The van der Waals surface area contributed by atoms with Gasteiger partial charge in [-0.15, -0.1) is 11.3 Å². The molecule has 2 heterocycles. The molecule has 3 N–H and O–H groups in total. The van der Waals surface area contributed by atoms with Crippen molar-refractivity contribution in [1.29, 1.82) is 0 Å². The van der Waals surface area contributed by atoms with Crippen LogP contribution in [0.4, 0.5) is 5.69 Å². The number of carbonyl (C=O) groups excluding carboxylic acids is 1. The molecule has 4 nitrogen and oxygen atoms in total. The van der Waals surface area contributed by atoms with Crippen LogP contribution in [0.15, 0.2) is 6.07 Å². The molecule has 0 aliphatic carbocycles. The first-order valence-corrected chi connectivity index (χ1v) is 7.90. The van der Waals surface area contributed by atoms with Gasteiger partial charge in [0.25, 0.3) is 5.91 Å². The van der Waals surface area contributed by atoms with Gasteiger partial charge in [0.1, 0.15) is 9.71 Å². The number of nitrogens with zero attached hydrogens (tertiary/aromatic N) is 1. The molecule has 21 heavy (non-hydrogen) atoms. The number of aromatic nitrogens is 1. The highest BCUT2D eigenvalue weighted by Crippen LogP contribution is 2.35. The lowest BCUT2D eigenvalue weighted by Crippen LogP contribution is -2.41. The van der Waals surface area contributed by atoms with E-state index in [0.29, 0.717) is 10.6 Å². The first-order chi connectivity index (χ1) is 9.61. The molecule has 0 aliphatic heterocycles. The zero-order chi connectivity index (χ0) is 15.9. The van der Waals surface area contributed by atoms with Gasteiger partial charge in [0.2, 0.25) is 0 Å². The normalized spacial score (nSPS) is 13.4. The molecule has 0 saturated carbocycles. The van der Waals surface area contributed by atoms with Gasteiger partial charge in [-0.3, -0.25) is 4.79 Å². The van der Waals surface area contributed by atoms with Gasteiger partial charge in [-0.25, -0.2) is 4.98 Å². The molecule has 0 spiro atoms. The SMILES string of the molecule is Cc1cc(C)c2c(N)c(C(=O)NC(C)C(C)(C)C)sc2n1. The molecule has 0 saturated heterocycles. The molecule has 0 aliphatic rings. The third-order valence-electron chi connectivity index (χ3n) is 3.88. The fourth-order valence-electron chi connectivity index (χ4n) is 2.12. The number of anilines is 1. The number of amides is 1. The van der Waals surface area contributed by atoms with E-state index >= 15 is 0 Å². The molecule has 114 valence electrons. The van der Waals surface area contributed by atoms with Gasteiger partial charge in [0, 0.05) is 17.1 Å². The number of rotatable bonds is 2. The molecule has 0 radical (unpaired) electrons. The summed E-state index contributed by atoms with van der Waals surface area (Å²) in [5.74, 6) is -0.116. The van der Waals surface area contributed by atoms with Crippen molar-refractivity contribution in [2.24, 2.45) is 5.41 Å². The highest BCUT2D eigenvalue weighted by atomic mass is 32.1. The Hall–Kier alpha value is -1.62. The molecule has 2 aromatic heterocycles. The molecule has 1 unspecified atom stereocenters. The van der Waals surface area contributed by atoms with Crippen molar-refractivity contribution in [3.8, 4) is 0 Å². The van der Waals surface area contributed by atoms with Crippen LogP contribution >= 0.6 is 11.3 Å². The van der Waals surface area contributed by atoms with Crippen molar-refractivity contribution in [3.63, 3.8) is 0 Å². The van der Waals surface area contributed by atoms with Gasteiger partial charge in [0.15, 0.2) is 0 Å². The Morgan fingerprint density at radius 1 is 1.38 bits per heavy atom. The summed E-state index contributed by atoms with van der Waals surface area (Å²) in [4.78, 5) is 18.4. The average molecular weight is 305 g/mol. The van der Waals surface area contributed by atoms with E-state index < -0.39 is 0 Å². The minimum Gasteiger partial charge on any atom is -0.397 e. The van der Waals surface area contributed by atoms with E-state index in [1.807, 2.05) is 26.8 Å². The van der Waals surface area contributed by atoms with Crippen LogP contribution in [0.5, 0.6) is 0 Å². The summed E-state index contributed by atoms with van der Waals surface area (Å²) in [6, 6.07) is 2.05. The van der Waals surface area contributed by atoms with Crippen molar-refractivity contribution in [3.05, 3.63) is 22.2 Å². The topological polar surface area (TPSA) is 68.0 Å². The third kappa shape index (κ3) is 3.02. The number of hydrogen-bond acceptors (Lipinski definition) is 4. The fraction of sp³-hybridized carbons (Fsp3) is 0.500. The zero-order valence-electron chi connectivity index (χ0n) is 13.5. The Morgan fingerprint density at radius 2 is 2.00 bits per heavy atom. The van der Waals surface area contributed by atoms with Crippen LogP contribution in [0, 0.1) is 19.3 Å². The Balaban J connectivity index is 2.41. The van der Waals surface area contributed by atoms with E-state index in [9.17, 15) is 4.79 Å². The van der Waals surface area contributed by atoms with Crippen LogP contribution in [-0.4, -0.2) is 16.9 Å². The number of hydrogen-bond donors (Lipinski definition) is 2. The number of fused-ring (bicyclic) bond motifs is 1. The molecular weight excluding hydrogens is 282 g/mol. The van der Waals surface area contributed by atoms with Crippen LogP contribution < -0.4 is 11.1 Å². The van der Waals surface area contributed by atoms with Gasteiger partial charge in [0.05, 0.1) is 5.69 Å². The second kappa shape index (κ2) is 5.30. The number of nitrogens with one attached hydrogen (secondary N) is 1. The van der Waals surface area contributed by atoms with Crippen LogP contribution in [0.3, 0.4) is 0 Å². The van der Waals surface area contributed by atoms with Crippen LogP contribution in [0.1, 0.15) is 48.6 Å². The Bertz CT molecular complexity index is 698. The highest BCUT2D eigenvalue weighted by Gasteiger charge is 2.25. The predicted octanol–water partition coefficient (Wildman–Crippen LogP) is 3.66. The number of thiophene rings is 1. The van der Waals surface area contributed by atoms with E-state index in [0.717, 1.165) is 21.5 Å². The fourth-order valence-corrected chi connectivity index (χ4v) is 3.24. The second-order valence-corrected chi connectivity index (χ2v) is 7.67. The lowest BCUT2D eigenvalue weighted by atomic mass is 9.88. The standard InChI is InChI=1S/C16H23N3OS/c1-8-7-9(2)18-15-11(8)12(17)13(21-15)14(20)19-10(3)16(4,5)6/h7,10H,17H2,1-6H3,(H,19,20). The number of nitrogens with two attached hydrogens (primary N) is 1. The zero-order valence-corrected chi connectivity index (χ0v) is 14.3. The second-order valence-electron chi connectivity index (χ2n) is 6.67. The molecule has 0 fully saturated rings. The molecule has 0 aromatic carbocycles.